The van der Waals surface area contributed by atoms with Gasteiger partial charge in [0.1, 0.15) is 5.69 Å². The second kappa shape index (κ2) is 7.39. The first-order valence-corrected chi connectivity index (χ1v) is 12.0. The minimum absolute atomic E-state index is 0.866. The molecule has 0 fully saturated rings. The van der Waals surface area contributed by atoms with E-state index in [4.69, 9.17) is 4.98 Å². The highest BCUT2D eigenvalue weighted by molar-refractivity contribution is 5.91. The van der Waals surface area contributed by atoms with Crippen molar-refractivity contribution in [1.82, 2.24) is 9.55 Å². The molecule has 3 nitrogen and oxygen atoms in total. The van der Waals surface area contributed by atoms with Gasteiger partial charge in [-0.3, -0.25) is 4.98 Å². The Hall–Kier alpha value is -3.72. The second-order valence-corrected chi connectivity index (χ2v) is 9.86. The van der Waals surface area contributed by atoms with E-state index in [0.717, 1.165) is 12.1 Å². The summed E-state index contributed by atoms with van der Waals surface area (Å²) in [5.41, 5.74) is 16.5. The van der Waals surface area contributed by atoms with Crippen molar-refractivity contribution in [3.63, 3.8) is 0 Å². The molecule has 2 heterocycles. The van der Waals surface area contributed by atoms with E-state index in [-0.39, 0.29) is 0 Å². The van der Waals surface area contributed by atoms with Crippen molar-refractivity contribution in [3.8, 4) is 28.2 Å². The van der Waals surface area contributed by atoms with Gasteiger partial charge in [0.2, 0.25) is 0 Å². The van der Waals surface area contributed by atoms with E-state index in [9.17, 15) is 0 Å². The molecule has 3 aromatic carbocycles. The number of aryl methyl sites for hydroxylation is 6. The van der Waals surface area contributed by atoms with Crippen LogP contribution in [0, 0.1) is 34.6 Å². The maximum absolute atomic E-state index is 4.91. The molecule has 0 amide bonds. The molecule has 1 aliphatic carbocycles. The number of benzene rings is 3. The Morgan fingerprint density at radius 1 is 0.765 bits per heavy atom. The van der Waals surface area contributed by atoms with Crippen LogP contribution in [0.4, 0.5) is 0 Å². The van der Waals surface area contributed by atoms with Crippen molar-refractivity contribution >= 4 is 11.0 Å². The summed E-state index contributed by atoms with van der Waals surface area (Å²) in [5, 5.41) is 0. The molecule has 0 bridgehead atoms. The molecule has 0 radical (unpaired) electrons. The van der Waals surface area contributed by atoms with E-state index in [1.165, 1.54) is 72.7 Å². The van der Waals surface area contributed by atoms with Crippen molar-refractivity contribution in [2.45, 2.75) is 41.0 Å². The molecule has 2 aromatic heterocycles. The molecule has 0 unspecified atom stereocenters. The summed E-state index contributed by atoms with van der Waals surface area (Å²) in [6.07, 6.45) is 0.866. The summed E-state index contributed by atoms with van der Waals surface area (Å²) in [5.74, 6) is 1.22. The van der Waals surface area contributed by atoms with Crippen LogP contribution >= 0.6 is 0 Å². The third-order valence-electron chi connectivity index (χ3n) is 7.37. The molecule has 0 spiro atoms. The van der Waals surface area contributed by atoms with Crippen LogP contribution in [0.5, 0.6) is 0 Å². The zero-order valence-corrected chi connectivity index (χ0v) is 20.8. The molecular weight excluding hydrogens is 414 g/mol. The summed E-state index contributed by atoms with van der Waals surface area (Å²) in [6, 6.07) is 22.3. The van der Waals surface area contributed by atoms with Gasteiger partial charge in [-0.15, -0.1) is 0 Å². The van der Waals surface area contributed by atoms with Crippen molar-refractivity contribution in [2.24, 2.45) is 7.05 Å². The Morgan fingerprint density at radius 2 is 1.47 bits per heavy atom. The molecule has 34 heavy (non-hydrogen) atoms. The smallest absolute Gasteiger partial charge is 0.257 e. The van der Waals surface area contributed by atoms with E-state index in [0.29, 0.717) is 0 Å². The predicted molar refractivity (Wildman–Crippen MR) is 140 cm³/mol. The van der Waals surface area contributed by atoms with Crippen LogP contribution in [-0.4, -0.2) is 9.55 Å². The molecule has 6 rings (SSSR count). The standard InChI is InChI=1S/C31H30N3/c1-18-15-20(3)29(21(4)16-18)34-30-26-17-27-25(12-11-22(5)32-27)24(26)13-14-28(30)33(6)31(34)23-10-8-7-9-19(23)2/h7-16H,17H2,1-6H3/q+1. The highest BCUT2D eigenvalue weighted by Crippen LogP contribution is 2.41. The summed E-state index contributed by atoms with van der Waals surface area (Å²) in [4.78, 5) is 4.91. The van der Waals surface area contributed by atoms with Crippen LogP contribution in [0.15, 0.2) is 60.7 Å². The Kier molecular flexibility index (Phi) is 4.54. The fourth-order valence-electron chi connectivity index (χ4n) is 5.97. The van der Waals surface area contributed by atoms with E-state index in [1.807, 2.05) is 0 Å². The van der Waals surface area contributed by atoms with Gasteiger partial charge < -0.3 is 0 Å². The Morgan fingerprint density at radius 3 is 2.21 bits per heavy atom. The molecule has 5 aromatic rings. The van der Waals surface area contributed by atoms with E-state index < -0.39 is 0 Å². The Balaban J connectivity index is 1.79. The monoisotopic (exact) mass is 444 g/mol. The zero-order valence-electron chi connectivity index (χ0n) is 20.8. The Labute approximate surface area is 201 Å². The number of hydrogen-bond donors (Lipinski definition) is 0. The predicted octanol–water partition coefficient (Wildman–Crippen LogP) is 6.63. The van der Waals surface area contributed by atoms with Gasteiger partial charge in [0.05, 0.1) is 18.3 Å². The first kappa shape index (κ1) is 20.9. The number of fused-ring (bicyclic) bond motifs is 5. The first-order chi connectivity index (χ1) is 16.3. The van der Waals surface area contributed by atoms with Crippen LogP contribution in [-0.2, 0) is 13.5 Å². The molecule has 0 N–H and O–H groups in total. The quantitative estimate of drug-likeness (QED) is 0.275. The van der Waals surface area contributed by atoms with Gasteiger partial charge in [-0.25, -0.2) is 4.57 Å². The number of imidazole rings is 1. The van der Waals surface area contributed by atoms with Gasteiger partial charge in [0, 0.05) is 23.2 Å². The molecule has 1 aliphatic rings. The van der Waals surface area contributed by atoms with E-state index in [2.05, 4.69) is 111 Å². The largest absolute Gasteiger partial charge is 0.295 e. The molecular formula is C31H30N3+. The summed E-state index contributed by atoms with van der Waals surface area (Å²) < 4.78 is 4.90. The molecule has 0 saturated heterocycles. The van der Waals surface area contributed by atoms with Crippen LogP contribution in [0.2, 0.25) is 0 Å². The van der Waals surface area contributed by atoms with Crippen LogP contribution in [0.3, 0.4) is 0 Å². The van der Waals surface area contributed by atoms with Crippen LogP contribution in [0.25, 0.3) is 39.2 Å². The van der Waals surface area contributed by atoms with Crippen LogP contribution in [0.1, 0.15) is 39.2 Å². The fourth-order valence-corrected chi connectivity index (χ4v) is 5.97. The average molecular weight is 445 g/mol. The second-order valence-electron chi connectivity index (χ2n) is 9.86. The van der Waals surface area contributed by atoms with Gasteiger partial charge in [-0.1, -0.05) is 42.0 Å². The lowest BCUT2D eigenvalue weighted by atomic mass is 10.0. The number of pyridine rings is 1. The first-order valence-electron chi connectivity index (χ1n) is 12.0. The molecule has 0 atom stereocenters. The third-order valence-corrected chi connectivity index (χ3v) is 7.37. The van der Waals surface area contributed by atoms with E-state index in [1.54, 1.807) is 0 Å². The average Bonchev–Trinajstić information content (AvgIpc) is 3.28. The number of hydrogen-bond acceptors (Lipinski definition) is 1. The Bertz CT molecular complexity index is 1610. The van der Waals surface area contributed by atoms with Gasteiger partial charge >= 0.3 is 0 Å². The molecule has 0 aliphatic heterocycles. The van der Waals surface area contributed by atoms with Gasteiger partial charge in [-0.05, 0) is 81.1 Å². The lowest BCUT2D eigenvalue weighted by molar-refractivity contribution is -0.557. The van der Waals surface area contributed by atoms with Crippen molar-refractivity contribution in [3.05, 3.63) is 99.9 Å². The molecule has 168 valence electrons. The summed E-state index contributed by atoms with van der Waals surface area (Å²) in [6.45, 7) is 11.0. The highest BCUT2D eigenvalue weighted by Gasteiger charge is 2.34. The van der Waals surface area contributed by atoms with Crippen molar-refractivity contribution in [1.29, 1.82) is 0 Å². The minimum Gasteiger partial charge on any atom is -0.257 e. The number of rotatable bonds is 2. The van der Waals surface area contributed by atoms with Gasteiger partial charge in [0.15, 0.2) is 11.0 Å². The molecule has 3 heteroatoms. The maximum atomic E-state index is 4.91. The van der Waals surface area contributed by atoms with Gasteiger partial charge in [-0.2, -0.15) is 4.57 Å². The lowest BCUT2D eigenvalue weighted by Crippen LogP contribution is -2.35. The highest BCUT2D eigenvalue weighted by atomic mass is 15.2. The van der Waals surface area contributed by atoms with Gasteiger partial charge in [0.25, 0.3) is 5.82 Å². The fraction of sp³-hybridized carbons (Fsp3) is 0.226. The van der Waals surface area contributed by atoms with Crippen molar-refractivity contribution in [2.75, 3.05) is 0 Å². The van der Waals surface area contributed by atoms with Crippen LogP contribution < -0.4 is 4.57 Å². The molecule has 0 saturated carbocycles. The van der Waals surface area contributed by atoms with E-state index >= 15 is 0 Å². The topological polar surface area (TPSA) is 21.7 Å². The minimum atomic E-state index is 0.866. The number of aromatic nitrogens is 3. The summed E-state index contributed by atoms with van der Waals surface area (Å²) >= 11 is 0. The van der Waals surface area contributed by atoms with Crippen molar-refractivity contribution < 1.29 is 4.57 Å². The normalized spacial score (nSPS) is 12.3. The lowest BCUT2D eigenvalue weighted by Gasteiger charge is -2.12. The summed E-state index contributed by atoms with van der Waals surface area (Å²) in [7, 11) is 2.20. The zero-order chi connectivity index (χ0) is 23.7. The SMILES string of the molecule is Cc1cc(C)c(-[n+]2c(-c3ccccc3C)n(C)c3ccc4c(c32)Cc2nc(C)ccc2-4)c(C)c1. The third kappa shape index (κ3) is 2.89. The number of nitrogens with zero attached hydrogens (tertiary/aromatic N) is 3. The maximum Gasteiger partial charge on any atom is 0.295 e.